The summed E-state index contributed by atoms with van der Waals surface area (Å²) in [6, 6.07) is 18.2. The molecular formula is C20H22BrClN2S. The van der Waals surface area contributed by atoms with E-state index in [-0.39, 0.29) is 22.4 Å². The number of nitrogens with zero attached hydrogens (tertiary/aromatic N) is 1. The summed E-state index contributed by atoms with van der Waals surface area (Å²) in [7, 11) is 0. The number of halogens is 2. The first-order valence-corrected chi connectivity index (χ1v) is 9.18. The van der Waals surface area contributed by atoms with Crippen LogP contribution in [0.1, 0.15) is 36.9 Å². The molecule has 0 unspecified atom stereocenters. The number of para-hydroxylation sites is 1. The molecule has 3 rings (SSSR count). The lowest BCUT2D eigenvalue weighted by atomic mass is 9.90. The van der Waals surface area contributed by atoms with Crippen LogP contribution in [-0.2, 0) is 11.8 Å². The highest BCUT2D eigenvalue weighted by molar-refractivity contribution is 8.93. The smallest absolute Gasteiger partial charge is 0.187 e. The lowest BCUT2D eigenvalue weighted by molar-refractivity contribution is 0.568. The molecule has 0 aliphatic rings. The van der Waals surface area contributed by atoms with Crippen LogP contribution in [0, 0.1) is 0 Å². The molecule has 1 N–H and O–H groups in total. The van der Waals surface area contributed by atoms with Crippen molar-refractivity contribution in [2.24, 2.45) is 0 Å². The quantitative estimate of drug-likeness (QED) is 0.475. The van der Waals surface area contributed by atoms with Crippen LogP contribution < -0.4 is 5.32 Å². The Kier molecular flexibility index (Phi) is 6.66. The highest BCUT2D eigenvalue weighted by atomic mass is 79.9. The summed E-state index contributed by atoms with van der Waals surface area (Å²) in [5.41, 5.74) is 3.47. The van der Waals surface area contributed by atoms with E-state index in [1.807, 2.05) is 30.3 Å². The summed E-state index contributed by atoms with van der Waals surface area (Å²) in [5, 5.41) is 5.13. The van der Waals surface area contributed by atoms with Crippen LogP contribution in [0.15, 0.2) is 54.6 Å². The Morgan fingerprint density at radius 1 is 1.00 bits per heavy atom. The summed E-state index contributed by atoms with van der Waals surface area (Å²) in [6.45, 7) is 6.62. The number of hydrogen-bond acceptors (Lipinski definition) is 3. The Labute approximate surface area is 169 Å². The lowest BCUT2D eigenvalue weighted by Crippen LogP contribution is -2.14. The molecule has 25 heavy (non-hydrogen) atoms. The Bertz CT molecular complexity index is 808. The van der Waals surface area contributed by atoms with Gasteiger partial charge in [-0.05, 0) is 29.8 Å². The molecule has 0 fully saturated rings. The maximum absolute atomic E-state index is 5.99. The zero-order chi connectivity index (χ0) is 17.2. The van der Waals surface area contributed by atoms with Crippen LogP contribution >= 0.6 is 39.9 Å². The number of nitrogens with one attached hydrogen (secondary N) is 1. The average Bonchev–Trinajstić information content (AvgIpc) is 2.93. The predicted octanol–water partition coefficient (Wildman–Crippen LogP) is 7.01. The van der Waals surface area contributed by atoms with Gasteiger partial charge in [0, 0.05) is 27.4 Å². The summed E-state index contributed by atoms with van der Waals surface area (Å²) in [6.07, 6.45) is 0.873. The Balaban J connectivity index is 0.00000225. The normalized spacial score (nSPS) is 11.0. The molecule has 1 aromatic heterocycles. The van der Waals surface area contributed by atoms with Gasteiger partial charge in [-0.3, -0.25) is 0 Å². The molecule has 132 valence electrons. The van der Waals surface area contributed by atoms with E-state index in [0.29, 0.717) is 0 Å². The van der Waals surface area contributed by atoms with E-state index < -0.39 is 0 Å². The first kappa shape index (κ1) is 20.0. The van der Waals surface area contributed by atoms with Gasteiger partial charge in [0.05, 0.1) is 5.69 Å². The van der Waals surface area contributed by atoms with Crippen molar-refractivity contribution in [3.8, 4) is 0 Å². The molecule has 2 aromatic carbocycles. The van der Waals surface area contributed by atoms with E-state index in [2.05, 4.69) is 50.4 Å². The van der Waals surface area contributed by atoms with Crippen molar-refractivity contribution in [3.63, 3.8) is 0 Å². The molecule has 0 spiro atoms. The molecule has 0 amide bonds. The van der Waals surface area contributed by atoms with Gasteiger partial charge in [0.25, 0.3) is 0 Å². The first-order chi connectivity index (χ1) is 11.4. The fourth-order valence-electron chi connectivity index (χ4n) is 2.54. The molecule has 0 bridgehead atoms. The zero-order valence-electron chi connectivity index (χ0n) is 14.5. The highest BCUT2D eigenvalue weighted by Crippen LogP contribution is 2.35. The number of anilines is 2. The fourth-order valence-corrected chi connectivity index (χ4v) is 3.90. The topological polar surface area (TPSA) is 24.9 Å². The molecule has 3 aromatic rings. The van der Waals surface area contributed by atoms with Gasteiger partial charge in [-0.1, -0.05) is 62.7 Å². The Hall–Kier alpha value is -1.36. The van der Waals surface area contributed by atoms with E-state index >= 15 is 0 Å². The summed E-state index contributed by atoms with van der Waals surface area (Å²) in [5.74, 6) is 0. The minimum atomic E-state index is 0. The third-order valence-electron chi connectivity index (χ3n) is 3.71. The SMILES string of the molecule is Br.CC(C)(C)c1nc(Nc2ccccc2)sc1Cc1ccc(Cl)cc1. The minimum Gasteiger partial charge on any atom is -0.332 e. The minimum absolute atomic E-state index is 0. The summed E-state index contributed by atoms with van der Waals surface area (Å²) in [4.78, 5) is 6.17. The fraction of sp³-hybridized carbons (Fsp3) is 0.250. The van der Waals surface area contributed by atoms with Gasteiger partial charge >= 0.3 is 0 Å². The number of hydrogen-bond donors (Lipinski definition) is 1. The van der Waals surface area contributed by atoms with Gasteiger partial charge < -0.3 is 5.32 Å². The Morgan fingerprint density at radius 2 is 1.64 bits per heavy atom. The van der Waals surface area contributed by atoms with Gasteiger partial charge in [-0.2, -0.15) is 0 Å². The molecule has 0 aliphatic heterocycles. The summed E-state index contributed by atoms with van der Waals surface area (Å²) >= 11 is 7.72. The standard InChI is InChI=1S/C20H21ClN2S.BrH/c1-20(2,3)18-17(13-14-9-11-15(21)12-10-14)24-19(23-18)22-16-7-5-4-6-8-16;/h4-12H,13H2,1-3H3,(H,22,23);1H. The van der Waals surface area contributed by atoms with Crippen LogP contribution in [0.25, 0.3) is 0 Å². The molecule has 0 saturated carbocycles. The molecule has 1 heterocycles. The van der Waals surface area contributed by atoms with Crippen LogP contribution in [0.3, 0.4) is 0 Å². The largest absolute Gasteiger partial charge is 0.332 e. The average molecular weight is 438 g/mol. The van der Waals surface area contributed by atoms with E-state index in [1.165, 1.54) is 10.4 Å². The van der Waals surface area contributed by atoms with Gasteiger partial charge in [0.1, 0.15) is 0 Å². The number of rotatable bonds is 4. The van der Waals surface area contributed by atoms with Gasteiger partial charge in [0.15, 0.2) is 5.13 Å². The van der Waals surface area contributed by atoms with E-state index in [1.54, 1.807) is 11.3 Å². The monoisotopic (exact) mass is 436 g/mol. The third-order valence-corrected chi connectivity index (χ3v) is 4.93. The second kappa shape index (κ2) is 8.35. The van der Waals surface area contributed by atoms with Crippen LogP contribution in [0.2, 0.25) is 5.02 Å². The molecule has 0 aliphatic carbocycles. The molecule has 0 saturated heterocycles. The molecular weight excluding hydrogens is 416 g/mol. The van der Waals surface area contributed by atoms with Crippen molar-refractivity contribution < 1.29 is 0 Å². The van der Waals surface area contributed by atoms with E-state index in [9.17, 15) is 0 Å². The van der Waals surface area contributed by atoms with E-state index in [0.717, 1.165) is 28.0 Å². The van der Waals surface area contributed by atoms with Gasteiger partial charge in [-0.15, -0.1) is 28.3 Å². The first-order valence-electron chi connectivity index (χ1n) is 7.98. The van der Waals surface area contributed by atoms with Crippen molar-refractivity contribution in [1.82, 2.24) is 4.98 Å². The van der Waals surface area contributed by atoms with Gasteiger partial charge in [-0.25, -0.2) is 4.98 Å². The van der Waals surface area contributed by atoms with Crippen LogP contribution in [0.5, 0.6) is 0 Å². The molecule has 0 radical (unpaired) electrons. The third kappa shape index (κ3) is 5.30. The Morgan fingerprint density at radius 3 is 2.24 bits per heavy atom. The molecule has 2 nitrogen and oxygen atoms in total. The van der Waals surface area contributed by atoms with Crippen molar-refractivity contribution in [1.29, 1.82) is 0 Å². The van der Waals surface area contributed by atoms with Crippen molar-refractivity contribution in [3.05, 3.63) is 75.8 Å². The number of thiazole rings is 1. The van der Waals surface area contributed by atoms with Gasteiger partial charge in [0.2, 0.25) is 0 Å². The maximum atomic E-state index is 5.99. The number of aromatic nitrogens is 1. The predicted molar refractivity (Wildman–Crippen MR) is 115 cm³/mol. The second-order valence-electron chi connectivity index (χ2n) is 6.84. The molecule has 0 atom stereocenters. The lowest BCUT2D eigenvalue weighted by Gasteiger charge is -2.17. The van der Waals surface area contributed by atoms with E-state index in [4.69, 9.17) is 16.6 Å². The maximum Gasteiger partial charge on any atom is 0.187 e. The van der Waals surface area contributed by atoms with Crippen molar-refractivity contribution in [2.45, 2.75) is 32.6 Å². The van der Waals surface area contributed by atoms with Crippen molar-refractivity contribution in [2.75, 3.05) is 5.32 Å². The van der Waals surface area contributed by atoms with Crippen LogP contribution in [-0.4, -0.2) is 4.98 Å². The van der Waals surface area contributed by atoms with Crippen LogP contribution in [0.4, 0.5) is 10.8 Å². The molecule has 5 heteroatoms. The zero-order valence-corrected chi connectivity index (χ0v) is 17.8. The highest BCUT2D eigenvalue weighted by Gasteiger charge is 2.23. The summed E-state index contributed by atoms with van der Waals surface area (Å²) < 4.78 is 0. The number of benzene rings is 2. The van der Waals surface area contributed by atoms with Crippen molar-refractivity contribution >= 4 is 50.7 Å². The second-order valence-corrected chi connectivity index (χ2v) is 8.36.